The summed E-state index contributed by atoms with van der Waals surface area (Å²) in [7, 11) is 0. The van der Waals surface area contributed by atoms with Gasteiger partial charge in [-0.1, -0.05) is 18.5 Å². The minimum absolute atomic E-state index is 0.0241. The topological polar surface area (TPSA) is 49.3 Å². The molecule has 0 radical (unpaired) electrons. The third-order valence-corrected chi connectivity index (χ3v) is 5.73. The van der Waals surface area contributed by atoms with Gasteiger partial charge < -0.3 is 10.4 Å². The molecule has 0 aliphatic rings. The van der Waals surface area contributed by atoms with E-state index in [4.69, 9.17) is 11.6 Å². The second kappa shape index (κ2) is 6.93. The van der Waals surface area contributed by atoms with Crippen LogP contribution in [0.3, 0.4) is 0 Å². The summed E-state index contributed by atoms with van der Waals surface area (Å²) in [5.74, 6) is -0.774. The molecule has 0 aliphatic carbocycles. The van der Waals surface area contributed by atoms with E-state index in [-0.39, 0.29) is 10.7 Å². The molecule has 0 bridgehead atoms. The number of hydrogen-bond acceptors (Lipinski definition) is 3. The first-order valence-electron chi connectivity index (χ1n) is 5.73. The molecule has 0 aromatic heterocycles. The van der Waals surface area contributed by atoms with E-state index < -0.39 is 17.7 Å². The van der Waals surface area contributed by atoms with Gasteiger partial charge in [0.05, 0.1) is 10.7 Å². The summed E-state index contributed by atoms with van der Waals surface area (Å²) in [6.07, 6.45) is -5.07. The van der Waals surface area contributed by atoms with E-state index in [1.165, 1.54) is 17.8 Å². The number of alkyl halides is 3. The molecular weight excluding hydrogens is 442 g/mol. The molecule has 9 heteroatoms. The first-order chi connectivity index (χ1) is 9.52. The van der Waals surface area contributed by atoms with Crippen LogP contribution in [0.1, 0.15) is 13.8 Å². The van der Waals surface area contributed by atoms with Gasteiger partial charge in [0.1, 0.15) is 0 Å². The lowest BCUT2D eigenvalue weighted by Gasteiger charge is -2.25. The van der Waals surface area contributed by atoms with Crippen molar-refractivity contribution in [3.8, 4) is 0 Å². The number of amides is 1. The first-order valence-corrected chi connectivity index (χ1v) is 8.18. The monoisotopic (exact) mass is 453 g/mol. The van der Waals surface area contributed by atoms with Crippen LogP contribution >= 0.6 is 46.0 Å². The molecule has 1 atom stereocenters. The van der Waals surface area contributed by atoms with Crippen LogP contribution in [-0.4, -0.2) is 28.5 Å². The molecule has 21 heavy (non-hydrogen) atoms. The summed E-state index contributed by atoms with van der Waals surface area (Å²) >= 11 is 9.51. The van der Waals surface area contributed by atoms with Gasteiger partial charge in [-0.3, -0.25) is 4.79 Å². The molecule has 2 N–H and O–H groups in total. The van der Waals surface area contributed by atoms with Gasteiger partial charge in [0.2, 0.25) is 5.60 Å². The summed E-state index contributed by atoms with van der Waals surface area (Å²) < 4.78 is 38.4. The summed E-state index contributed by atoms with van der Waals surface area (Å²) in [5, 5.41) is 11.4. The van der Waals surface area contributed by atoms with Crippen LogP contribution in [0.25, 0.3) is 0 Å². The van der Waals surface area contributed by atoms with E-state index >= 15 is 0 Å². The number of nitrogens with one attached hydrogen (secondary N) is 1. The molecule has 0 spiro atoms. The second-order valence-electron chi connectivity index (χ2n) is 4.20. The van der Waals surface area contributed by atoms with Crippen LogP contribution in [0.15, 0.2) is 17.0 Å². The molecule has 0 saturated carbocycles. The second-order valence-corrected chi connectivity index (χ2v) is 6.96. The lowest BCUT2D eigenvalue weighted by molar-refractivity contribution is -0.242. The van der Waals surface area contributed by atoms with Gasteiger partial charge in [-0.15, -0.1) is 11.8 Å². The van der Waals surface area contributed by atoms with E-state index in [1.54, 1.807) is 6.07 Å². The van der Waals surface area contributed by atoms with Crippen molar-refractivity contribution in [1.29, 1.82) is 0 Å². The van der Waals surface area contributed by atoms with E-state index in [2.05, 4.69) is 0 Å². The Labute approximate surface area is 142 Å². The number of anilines is 1. The van der Waals surface area contributed by atoms with Gasteiger partial charge in [-0.05, 0) is 47.4 Å². The van der Waals surface area contributed by atoms with Crippen LogP contribution in [0.5, 0.6) is 0 Å². The molecule has 1 aromatic rings. The summed E-state index contributed by atoms with van der Waals surface area (Å²) in [6.45, 7) is 2.34. The Bertz CT molecular complexity index is 552. The lowest BCUT2D eigenvalue weighted by Crippen LogP contribution is -2.52. The Hall–Kier alpha value is -0.190. The SMILES string of the molecule is CCSc1ccc(NC(=O)C(C)(O)C(F)(F)F)c(Cl)c1I. The van der Waals surface area contributed by atoms with Crippen LogP contribution in [0.4, 0.5) is 18.9 Å². The highest BCUT2D eigenvalue weighted by Crippen LogP contribution is 2.36. The molecule has 0 saturated heterocycles. The predicted octanol–water partition coefficient (Wildman–Crippen LogP) is 4.31. The van der Waals surface area contributed by atoms with Crippen molar-refractivity contribution >= 4 is 57.5 Å². The molecule has 1 unspecified atom stereocenters. The highest BCUT2D eigenvalue weighted by atomic mass is 127. The van der Waals surface area contributed by atoms with Gasteiger partial charge >= 0.3 is 6.18 Å². The third-order valence-electron chi connectivity index (χ3n) is 2.59. The van der Waals surface area contributed by atoms with Crippen LogP contribution in [0.2, 0.25) is 5.02 Å². The number of hydrogen-bond donors (Lipinski definition) is 2. The van der Waals surface area contributed by atoms with Gasteiger partial charge in [0.15, 0.2) is 0 Å². The van der Waals surface area contributed by atoms with Crippen molar-refractivity contribution < 1.29 is 23.1 Å². The van der Waals surface area contributed by atoms with E-state index in [0.29, 0.717) is 10.5 Å². The molecule has 1 rings (SSSR count). The zero-order valence-electron chi connectivity index (χ0n) is 11.0. The van der Waals surface area contributed by atoms with Crippen LogP contribution < -0.4 is 5.32 Å². The molecule has 0 fully saturated rings. The Balaban J connectivity index is 3.05. The quantitative estimate of drug-likeness (QED) is 0.528. The van der Waals surface area contributed by atoms with Crippen LogP contribution in [0, 0.1) is 3.57 Å². The average Bonchev–Trinajstić information content (AvgIpc) is 2.37. The molecule has 0 aliphatic heterocycles. The molecule has 118 valence electrons. The maximum Gasteiger partial charge on any atom is 0.426 e. The predicted molar refractivity (Wildman–Crippen MR) is 85.9 cm³/mol. The number of rotatable bonds is 4. The highest BCUT2D eigenvalue weighted by molar-refractivity contribution is 14.1. The van der Waals surface area contributed by atoms with Crippen molar-refractivity contribution in [3.63, 3.8) is 0 Å². The molecule has 3 nitrogen and oxygen atoms in total. The fraction of sp³-hybridized carbons (Fsp3) is 0.417. The Morgan fingerprint density at radius 3 is 2.52 bits per heavy atom. The number of halogens is 5. The van der Waals surface area contributed by atoms with E-state index in [9.17, 15) is 23.1 Å². The van der Waals surface area contributed by atoms with Crippen molar-refractivity contribution in [1.82, 2.24) is 0 Å². The number of benzene rings is 1. The van der Waals surface area contributed by atoms with Crippen molar-refractivity contribution in [2.75, 3.05) is 11.1 Å². The zero-order chi connectivity index (χ0) is 16.4. The van der Waals surface area contributed by atoms with Crippen molar-refractivity contribution in [3.05, 3.63) is 20.7 Å². The number of thioether (sulfide) groups is 1. The zero-order valence-corrected chi connectivity index (χ0v) is 14.7. The summed E-state index contributed by atoms with van der Waals surface area (Å²) in [6, 6.07) is 3.06. The first kappa shape index (κ1) is 18.9. The standard InChI is InChI=1S/C12H12ClF3INO2S/c1-3-21-7-5-4-6(8(13)9(7)17)18-10(19)11(2,20)12(14,15)16/h4-5,20H,3H2,1-2H3,(H,18,19). The van der Waals surface area contributed by atoms with Crippen molar-refractivity contribution in [2.24, 2.45) is 0 Å². The molecule has 1 amide bonds. The van der Waals surface area contributed by atoms with Gasteiger partial charge in [0.25, 0.3) is 5.91 Å². The van der Waals surface area contributed by atoms with Crippen LogP contribution in [-0.2, 0) is 4.79 Å². The van der Waals surface area contributed by atoms with E-state index in [1.807, 2.05) is 34.8 Å². The molecule has 1 aromatic carbocycles. The normalized spacial score (nSPS) is 14.7. The smallest absolute Gasteiger partial charge is 0.373 e. The van der Waals surface area contributed by atoms with Gasteiger partial charge in [-0.25, -0.2) is 0 Å². The molecular formula is C12H12ClF3INO2S. The fourth-order valence-corrected chi connectivity index (χ4v) is 3.18. The Morgan fingerprint density at radius 1 is 1.48 bits per heavy atom. The van der Waals surface area contributed by atoms with E-state index in [0.717, 1.165) is 10.6 Å². The number of carbonyl (C=O) groups excluding carboxylic acids is 1. The molecule has 0 heterocycles. The average molecular weight is 454 g/mol. The summed E-state index contributed by atoms with van der Waals surface area (Å²) in [5.41, 5.74) is -3.46. The largest absolute Gasteiger partial charge is 0.426 e. The van der Waals surface area contributed by atoms with Gasteiger partial charge in [-0.2, -0.15) is 13.2 Å². The maximum absolute atomic E-state index is 12.6. The third kappa shape index (κ3) is 4.17. The highest BCUT2D eigenvalue weighted by Gasteiger charge is 2.55. The maximum atomic E-state index is 12.6. The number of carbonyl (C=O) groups is 1. The van der Waals surface area contributed by atoms with Gasteiger partial charge in [0, 0.05) is 8.47 Å². The Morgan fingerprint density at radius 2 is 2.05 bits per heavy atom. The Kier molecular flexibility index (Phi) is 6.22. The van der Waals surface area contributed by atoms with Crippen molar-refractivity contribution in [2.45, 2.75) is 30.5 Å². The number of aliphatic hydroxyl groups is 1. The minimum Gasteiger partial charge on any atom is -0.373 e. The minimum atomic E-state index is -5.07. The fourth-order valence-electron chi connectivity index (χ4n) is 1.27. The summed E-state index contributed by atoms with van der Waals surface area (Å²) in [4.78, 5) is 12.5. The lowest BCUT2D eigenvalue weighted by atomic mass is 10.1.